The summed E-state index contributed by atoms with van der Waals surface area (Å²) in [7, 11) is 0. The number of hydrogen-bond donors (Lipinski definition) is 0. The van der Waals surface area contributed by atoms with Crippen molar-refractivity contribution in [1.29, 1.82) is 0 Å². The van der Waals surface area contributed by atoms with Gasteiger partial charge in [-0.2, -0.15) is 0 Å². The number of pyridine rings is 1. The van der Waals surface area contributed by atoms with Gasteiger partial charge in [0.1, 0.15) is 6.61 Å². The molecule has 0 saturated heterocycles. The van der Waals surface area contributed by atoms with Crippen molar-refractivity contribution in [2.24, 2.45) is 0 Å². The number of carbonyl (C=O) groups is 1. The summed E-state index contributed by atoms with van der Waals surface area (Å²) < 4.78 is 7.58. The normalized spacial score (nSPS) is 11.0. The van der Waals surface area contributed by atoms with Gasteiger partial charge in [0.05, 0.1) is 16.6 Å². The standard InChI is InChI=1S/C21H17NO2/c1-15-17-10-5-6-12-19(17)22-13-7-11-18(20(15)22)21(23)24-14-16-8-3-2-4-9-16/h2-13H,14H2,1H3. The summed E-state index contributed by atoms with van der Waals surface area (Å²) in [6.45, 7) is 2.33. The minimum Gasteiger partial charge on any atom is -0.457 e. The van der Waals surface area contributed by atoms with Crippen LogP contribution >= 0.6 is 0 Å². The third kappa shape index (κ3) is 2.35. The van der Waals surface area contributed by atoms with Gasteiger partial charge in [-0.1, -0.05) is 48.5 Å². The monoisotopic (exact) mass is 315 g/mol. The number of para-hydroxylation sites is 1. The number of ether oxygens (including phenoxy) is 1. The molecule has 0 atom stereocenters. The molecule has 0 aliphatic carbocycles. The van der Waals surface area contributed by atoms with Crippen molar-refractivity contribution in [2.45, 2.75) is 13.5 Å². The third-order valence-corrected chi connectivity index (χ3v) is 4.35. The average Bonchev–Trinajstić information content (AvgIpc) is 2.94. The van der Waals surface area contributed by atoms with Crippen LogP contribution in [-0.2, 0) is 11.3 Å². The van der Waals surface area contributed by atoms with Gasteiger partial charge in [-0.15, -0.1) is 0 Å². The molecule has 4 rings (SSSR count). The highest BCUT2D eigenvalue weighted by Gasteiger charge is 2.17. The summed E-state index contributed by atoms with van der Waals surface area (Å²) >= 11 is 0. The number of aryl methyl sites for hydroxylation is 1. The average molecular weight is 315 g/mol. The Morgan fingerprint density at radius 2 is 1.71 bits per heavy atom. The lowest BCUT2D eigenvalue weighted by Gasteiger charge is -2.07. The van der Waals surface area contributed by atoms with Gasteiger partial charge in [0.2, 0.25) is 0 Å². The molecule has 4 aromatic rings. The van der Waals surface area contributed by atoms with Crippen LogP contribution in [0.15, 0.2) is 72.9 Å². The Hall–Kier alpha value is -3.07. The molecule has 0 bridgehead atoms. The molecule has 3 heteroatoms. The fourth-order valence-electron chi connectivity index (χ4n) is 3.19. The SMILES string of the molecule is Cc1c2ccccc2n2cccc(C(=O)OCc3ccccc3)c12. The van der Waals surface area contributed by atoms with E-state index in [1.807, 2.05) is 67.7 Å². The summed E-state index contributed by atoms with van der Waals surface area (Å²) in [4.78, 5) is 12.6. The molecular formula is C21H17NO2. The van der Waals surface area contributed by atoms with Crippen LogP contribution in [0.25, 0.3) is 16.4 Å². The maximum absolute atomic E-state index is 12.6. The summed E-state index contributed by atoms with van der Waals surface area (Å²) in [5.74, 6) is -0.296. The second-order valence-corrected chi connectivity index (χ2v) is 5.84. The zero-order chi connectivity index (χ0) is 16.5. The predicted molar refractivity (Wildman–Crippen MR) is 95.2 cm³/mol. The first-order chi connectivity index (χ1) is 11.8. The molecule has 0 amide bonds. The van der Waals surface area contributed by atoms with E-state index >= 15 is 0 Å². The zero-order valence-electron chi connectivity index (χ0n) is 13.4. The van der Waals surface area contributed by atoms with Crippen LogP contribution in [-0.4, -0.2) is 10.4 Å². The van der Waals surface area contributed by atoms with Crippen molar-refractivity contribution in [3.05, 3.63) is 89.6 Å². The molecule has 0 spiro atoms. The Bertz CT molecular complexity index is 1030. The van der Waals surface area contributed by atoms with Gasteiger partial charge >= 0.3 is 5.97 Å². The highest BCUT2D eigenvalue weighted by atomic mass is 16.5. The molecule has 2 aromatic carbocycles. The van der Waals surface area contributed by atoms with Crippen LogP contribution in [0.3, 0.4) is 0 Å². The van der Waals surface area contributed by atoms with Gasteiger partial charge in [-0.3, -0.25) is 0 Å². The van der Waals surface area contributed by atoms with Crippen molar-refractivity contribution in [3.63, 3.8) is 0 Å². The molecule has 0 aliphatic rings. The maximum atomic E-state index is 12.6. The van der Waals surface area contributed by atoms with Crippen LogP contribution in [0.2, 0.25) is 0 Å². The molecule has 24 heavy (non-hydrogen) atoms. The molecule has 3 nitrogen and oxygen atoms in total. The number of rotatable bonds is 3. The summed E-state index contributed by atoms with van der Waals surface area (Å²) in [5, 5.41) is 1.15. The lowest BCUT2D eigenvalue weighted by Crippen LogP contribution is -2.07. The van der Waals surface area contributed by atoms with E-state index in [0.29, 0.717) is 5.56 Å². The van der Waals surface area contributed by atoms with E-state index in [-0.39, 0.29) is 12.6 Å². The fourth-order valence-corrected chi connectivity index (χ4v) is 3.19. The second kappa shape index (κ2) is 5.85. The summed E-state index contributed by atoms with van der Waals surface area (Å²) in [6.07, 6.45) is 1.98. The second-order valence-electron chi connectivity index (χ2n) is 5.84. The molecule has 0 aliphatic heterocycles. The number of aromatic nitrogens is 1. The van der Waals surface area contributed by atoms with Crippen LogP contribution in [0.4, 0.5) is 0 Å². The molecule has 0 unspecified atom stereocenters. The Labute approximate surface area is 140 Å². The third-order valence-electron chi connectivity index (χ3n) is 4.35. The molecule has 118 valence electrons. The van der Waals surface area contributed by atoms with Gasteiger partial charge in [0.15, 0.2) is 0 Å². The van der Waals surface area contributed by atoms with Gasteiger partial charge in [-0.05, 0) is 36.2 Å². The number of esters is 1. The minimum atomic E-state index is -0.296. The van der Waals surface area contributed by atoms with E-state index in [9.17, 15) is 4.79 Å². The Morgan fingerprint density at radius 1 is 0.958 bits per heavy atom. The van der Waals surface area contributed by atoms with E-state index in [4.69, 9.17) is 4.74 Å². The maximum Gasteiger partial charge on any atom is 0.340 e. The van der Waals surface area contributed by atoms with Crippen molar-refractivity contribution in [1.82, 2.24) is 4.40 Å². The Kier molecular flexibility index (Phi) is 3.54. The number of hydrogen-bond acceptors (Lipinski definition) is 2. The lowest BCUT2D eigenvalue weighted by atomic mass is 10.1. The lowest BCUT2D eigenvalue weighted by molar-refractivity contribution is 0.0474. The molecule has 2 aromatic heterocycles. The highest BCUT2D eigenvalue weighted by molar-refractivity contribution is 6.03. The van der Waals surface area contributed by atoms with Gasteiger partial charge in [0.25, 0.3) is 0 Å². The molecule has 0 fully saturated rings. The Morgan fingerprint density at radius 3 is 2.54 bits per heavy atom. The van der Waals surface area contributed by atoms with Crippen molar-refractivity contribution < 1.29 is 9.53 Å². The fraction of sp³-hybridized carbons (Fsp3) is 0.0952. The minimum absolute atomic E-state index is 0.278. The first-order valence-electron chi connectivity index (χ1n) is 7.95. The highest BCUT2D eigenvalue weighted by Crippen LogP contribution is 2.28. The van der Waals surface area contributed by atoms with Gasteiger partial charge in [0, 0.05) is 11.6 Å². The number of benzene rings is 2. The largest absolute Gasteiger partial charge is 0.457 e. The summed E-state index contributed by atoms with van der Waals surface area (Å²) in [5.41, 5.74) is 4.69. The van der Waals surface area contributed by atoms with Crippen molar-refractivity contribution in [3.8, 4) is 0 Å². The van der Waals surface area contributed by atoms with E-state index in [0.717, 1.165) is 27.5 Å². The molecule has 0 radical (unpaired) electrons. The van der Waals surface area contributed by atoms with Crippen LogP contribution in [0, 0.1) is 6.92 Å². The van der Waals surface area contributed by atoms with Crippen LogP contribution in [0.5, 0.6) is 0 Å². The van der Waals surface area contributed by atoms with Crippen molar-refractivity contribution >= 4 is 22.4 Å². The topological polar surface area (TPSA) is 30.7 Å². The predicted octanol–water partition coefficient (Wildman–Crippen LogP) is 4.76. The number of fused-ring (bicyclic) bond motifs is 3. The van der Waals surface area contributed by atoms with Gasteiger partial charge < -0.3 is 9.14 Å². The first kappa shape index (κ1) is 14.5. The van der Waals surface area contributed by atoms with E-state index < -0.39 is 0 Å². The smallest absolute Gasteiger partial charge is 0.340 e. The van der Waals surface area contributed by atoms with Crippen molar-refractivity contribution in [2.75, 3.05) is 0 Å². The number of carbonyl (C=O) groups excluding carboxylic acids is 1. The molecular weight excluding hydrogens is 298 g/mol. The molecule has 0 saturated carbocycles. The first-order valence-corrected chi connectivity index (χ1v) is 7.95. The zero-order valence-corrected chi connectivity index (χ0v) is 13.4. The molecule has 0 N–H and O–H groups in total. The quantitative estimate of drug-likeness (QED) is 0.510. The molecule has 2 heterocycles. The summed E-state index contributed by atoms with van der Waals surface area (Å²) in [6, 6.07) is 21.6. The van der Waals surface area contributed by atoms with E-state index in [1.165, 1.54) is 0 Å². The van der Waals surface area contributed by atoms with Gasteiger partial charge in [-0.25, -0.2) is 4.79 Å². The van der Waals surface area contributed by atoms with Crippen LogP contribution < -0.4 is 0 Å². The van der Waals surface area contributed by atoms with E-state index in [2.05, 4.69) is 16.5 Å². The number of nitrogens with zero attached hydrogens (tertiary/aromatic N) is 1. The van der Waals surface area contributed by atoms with E-state index in [1.54, 1.807) is 0 Å². The Balaban J connectivity index is 1.75. The van der Waals surface area contributed by atoms with Crippen LogP contribution in [0.1, 0.15) is 21.5 Å².